The maximum Gasteiger partial charge on any atom is 0.320 e. The first kappa shape index (κ1) is 18.5. The van der Waals surface area contributed by atoms with E-state index in [-0.39, 0.29) is 6.03 Å². The van der Waals surface area contributed by atoms with Gasteiger partial charge in [-0.05, 0) is 28.8 Å². The largest absolute Gasteiger partial charge is 0.320 e. The summed E-state index contributed by atoms with van der Waals surface area (Å²) in [7, 11) is 0. The zero-order valence-electron chi connectivity index (χ0n) is 16.0. The highest BCUT2D eigenvalue weighted by molar-refractivity contribution is 5.90. The number of hydrogen-bond acceptors (Lipinski definition) is 1. The van der Waals surface area contributed by atoms with Crippen LogP contribution in [0.15, 0.2) is 121 Å². The van der Waals surface area contributed by atoms with Crippen molar-refractivity contribution < 1.29 is 4.79 Å². The van der Waals surface area contributed by atoms with E-state index in [1.54, 1.807) is 0 Å². The molecule has 0 aliphatic heterocycles. The fourth-order valence-corrected chi connectivity index (χ4v) is 3.64. The SMILES string of the molecule is O=C(Nc1ccccc1)NC(c1ccccc1)(c1ccccc1)c1ccccc1. The van der Waals surface area contributed by atoms with E-state index in [4.69, 9.17) is 0 Å². The molecule has 4 rings (SSSR count). The molecule has 0 fully saturated rings. The number of urea groups is 1. The molecule has 0 aliphatic rings. The molecule has 4 aromatic carbocycles. The second kappa shape index (κ2) is 8.44. The van der Waals surface area contributed by atoms with Crippen LogP contribution in [0.1, 0.15) is 16.7 Å². The van der Waals surface area contributed by atoms with Crippen molar-refractivity contribution in [2.45, 2.75) is 5.54 Å². The van der Waals surface area contributed by atoms with Gasteiger partial charge in [-0.15, -0.1) is 0 Å². The normalized spacial score (nSPS) is 10.9. The lowest BCUT2D eigenvalue weighted by molar-refractivity contribution is 0.245. The molecule has 0 aliphatic carbocycles. The first-order valence-corrected chi connectivity index (χ1v) is 9.60. The molecular weight excluding hydrogens is 356 g/mol. The number of benzene rings is 4. The summed E-state index contributed by atoms with van der Waals surface area (Å²) in [6.45, 7) is 0. The lowest BCUT2D eigenvalue weighted by Crippen LogP contribution is -2.49. The third-order valence-electron chi connectivity index (χ3n) is 4.95. The van der Waals surface area contributed by atoms with Crippen molar-refractivity contribution >= 4 is 11.7 Å². The molecule has 29 heavy (non-hydrogen) atoms. The van der Waals surface area contributed by atoms with Gasteiger partial charge >= 0.3 is 6.03 Å². The number of nitrogens with one attached hydrogen (secondary N) is 2. The van der Waals surface area contributed by atoms with Crippen molar-refractivity contribution in [1.29, 1.82) is 0 Å². The van der Waals surface area contributed by atoms with Gasteiger partial charge in [0.2, 0.25) is 0 Å². The molecular formula is C26H22N2O. The van der Waals surface area contributed by atoms with E-state index in [9.17, 15) is 4.79 Å². The highest BCUT2D eigenvalue weighted by atomic mass is 16.2. The molecule has 0 heterocycles. The number of rotatable bonds is 5. The van der Waals surface area contributed by atoms with E-state index < -0.39 is 5.54 Å². The second-order valence-electron chi connectivity index (χ2n) is 6.79. The van der Waals surface area contributed by atoms with E-state index in [1.165, 1.54) is 0 Å². The van der Waals surface area contributed by atoms with Crippen molar-refractivity contribution in [1.82, 2.24) is 5.32 Å². The first-order chi connectivity index (χ1) is 14.3. The van der Waals surface area contributed by atoms with Gasteiger partial charge in [0.25, 0.3) is 0 Å². The number of amides is 2. The lowest BCUT2D eigenvalue weighted by Gasteiger charge is -2.36. The van der Waals surface area contributed by atoms with Gasteiger partial charge in [-0.1, -0.05) is 109 Å². The topological polar surface area (TPSA) is 41.1 Å². The minimum atomic E-state index is -0.831. The van der Waals surface area contributed by atoms with Gasteiger partial charge in [0, 0.05) is 5.69 Å². The lowest BCUT2D eigenvalue weighted by atomic mass is 9.77. The molecule has 0 unspecified atom stereocenters. The predicted octanol–water partition coefficient (Wildman–Crippen LogP) is 5.80. The van der Waals surface area contributed by atoms with E-state index in [0.29, 0.717) is 0 Å². The Morgan fingerprint density at radius 3 is 1.24 bits per heavy atom. The van der Waals surface area contributed by atoms with Gasteiger partial charge in [-0.2, -0.15) is 0 Å². The van der Waals surface area contributed by atoms with Gasteiger partial charge in [0.05, 0.1) is 0 Å². The summed E-state index contributed by atoms with van der Waals surface area (Å²) < 4.78 is 0. The monoisotopic (exact) mass is 378 g/mol. The number of hydrogen-bond donors (Lipinski definition) is 2. The minimum Gasteiger partial charge on any atom is -0.320 e. The van der Waals surface area contributed by atoms with E-state index in [1.807, 2.05) is 121 Å². The molecule has 0 bridgehead atoms. The third-order valence-corrected chi connectivity index (χ3v) is 4.95. The van der Waals surface area contributed by atoms with Gasteiger partial charge < -0.3 is 10.6 Å². The average Bonchev–Trinajstić information content (AvgIpc) is 2.80. The van der Waals surface area contributed by atoms with Crippen LogP contribution in [0.3, 0.4) is 0 Å². The molecule has 0 radical (unpaired) electrons. The summed E-state index contributed by atoms with van der Waals surface area (Å²) in [6.07, 6.45) is 0. The molecule has 3 nitrogen and oxygen atoms in total. The summed E-state index contributed by atoms with van der Waals surface area (Å²) in [5.74, 6) is 0. The standard InChI is InChI=1S/C26H22N2O/c29-25(27-24-19-11-4-12-20-24)28-26(21-13-5-1-6-14-21,22-15-7-2-8-16-22)23-17-9-3-10-18-23/h1-20H,(H2,27,28,29). The van der Waals surface area contributed by atoms with Crippen LogP contribution in [0, 0.1) is 0 Å². The maximum absolute atomic E-state index is 13.1. The van der Waals surface area contributed by atoms with Crippen molar-refractivity contribution in [2.24, 2.45) is 0 Å². The minimum absolute atomic E-state index is 0.271. The molecule has 0 atom stereocenters. The van der Waals surface area contributed by atoms with E-state index in [2.05, 4.69) is 10.6 Å². The van der Waals surface area contributed by atoms with Crippen LogP contribution in [0.2, 0.25) is 0 Å². The van der Waals surface area contributed by atoms with Crippen molar-refractivity contribution in [2.75, 3.05) is 5.32 Å². The van der Waals surface area contributed by atoms with Gasteiger partial charge in [-0.25, -0.2) is 4.79 Å². The Morgan fingerprint density at radius 2 is 0.862 bits per heavy atom. The number of carbonyl (C=O) groups is 1. The third kappa shape index (κ3) is 3.90. The van der Waals surface area contributed by atoms with Crippen LogP contribution >= 0.6 is 0 Å². The van der Waals surface area contributed by atoms with Gasteiger partial charge in [0.15, 0.2) is 0 Å². The Balaban J connectivity index is 1.85. The summed E-state index contributed by atoms with van der Waals surface area (Å²) in [5, 5.41) is 6.23. The molecule has 0 saturated carbocycles. The van der Waals surface area contributed by atoms with Crippen molar-refractivity contribution in [3.63, 3.8) is 0 Å². The number of anilines is 1. The van der Waals surface area contributed by atoms with Crippen LogP contribution in [-0.4, -0.2) is 6.03 Å². The smallest absolute Gasteiger partial charge is 0.320 e. The average molecular weight is 378 g/mol. The predicted molar refractivity (Wildman–Crippen MR) is 118 cm³/mol. The van der Waals surface area contributed by atoms with E-state index in [0.717, 1.165) is 22.4 Å². The molecule has 2 amide bonds. The second-order valence-corrected chi connectivity index (χ2v) is 6.79. The van der Waals surface area contributed by atoms with Crippen LogP contribution < -0.4 is 10.6 Å². The quantitative estimate of drug-likeness (QED) is 0.423. The van der Waals surface area contributed by atoms with Crippen LogP contribution in [-0.2, 0) is 5.54 Å². The highest BCUT2D eigenvalue weighted by Gasteiger charge is 2.37. The van der Waals surface area contributed by atoms with Crippen LogP contribution in [0.4, 0.5) is 10.5 Å². The Bertz CT molecular complexity index is 952. The molecule has 3 heteroatoms. The molecule has 2 N–H and O–H groups in total. The maximum atomic E-state index is 13.1. The zero-order chi connectivity index (χ0) is 19.9. The fraction of sp³-hybridized carbons (Fsp3) is 0.0385. The van der Waals surface area contributed by atoms with Gasteiger partial charge in [0.1, 0.15) is 5.54 Å². The Kier molecular flexibility index (Phi) is 5.39. The Morgan fingerprint density at radius 1 is 0.517 bits per heavy atom. The van der Waals surface area contributed by atoms with Crippen molar-refractivity contribution in [3.8, 4) is 0 Å². The first-order valence-electron chi connectivity index (χ1n) is 9.60. The highest BCUT2D eigenvalue weighted by Crippen LogP contribution is 2.36. The van der Waals surface area contributed by atoms with Crippen molar-refractivity contribution in [3.05, 3.63) is 138 Å². The fourth-order valence-electron chi connectivity index (χ4n) is 3.64. The van der Waals surface area contributed by atoms with Gasteiger partial charge in [-0.3, -0.25) is 0 Å². The van der Waals surface area contributed by atoms with E-state index >= 15 is 0 Å². The summed E-state index contributed by atoms with van der Waals surface area (Å²) >= 11 is 0. The summed E-state index contributed by atoms with van der Waals surface area (Å²) in [6, 6.07) is 39.4. The zero-order valence-corrected chi connectivity index (χ0v) is 16.0. The number of para-hydroxylation sites is 1. The molecule has 0 saturated heterocycles. The summed E-state index contributed by atoms with van der Waals surface area (Å²) in [5.41, 5.74) is 2.87. The Hall–Kier alpha value is -3.85. The van der Waals surface area contributed by atoms with Crippen LogP contribution in [0.5, 0.6) is 0 Å². The molecule has 142 valence electrons. The number of carbonyl (C=O) groups excluding carboxylic acids is 1. The molecule has 0 aromatic heterocycles. The van der Waals surface area contributed by atoms with Crippen LogP contribution in [0.25, 0.3) is 0 Å². The molecule has 4 aromatic rings. The summed E-state index contributed by atoms with van der Waals surface area (Å²) in [4.78, 5) is 13.1. The Labute approximate surface area is 171 Å². The molecule has 0 spiro atoms.